The summed E-state index contributed by atoms with van der Waals surface area (Å²) in [6.07, 6.45) is 0. The van der Waals surface area contributed by atoms with Gasteiger partial charge in [-0.15, -0.1) is 11.6 Å². The summed E-state index contributed by atoms with van der Waals surface area (Å²) in [6, 6.07) is 6.72. The molecular weight excluding hydrogens is 336 g/mol. The van der Waals surface area contributed by atoms with Crippen molar-refractivity contribution in [2.75, 3.05) is 0 Å². The van der Waals surface area contributed by atoms with Crippen LogP contribution in [0, 0.1) is 10.8 Å². The highest BCUT2D eigenvalue weighted by atomic mass is 79.9. The first-order chi connectivity index (χ1) is 9.18. The van der Waals surface area contributed by atoms with Crippen molar-refractivity contribution in [3.05, 3.63) is 28.5 Å². The van der Waals surface area contributed by atoms with E-state index in [-0.39, 0.29) is 16.2 Å². The number of aromatic nitrogens is 2. The first-order valence-electron chi connectivity index (χ1n) is 6.99. The average molecular weight is 356 g/mol. The maximum atomic E-state index is 6.38. The Balaban J connectivity index is 2.27. The van der Waals surface area contributed by atoms with Gasteiger partial charge in [-0.2, -0.15) is 0 Å². The number of hydrogen-bond donors (Lipinski definition) is 0. The second kappa shape index (κ2) is 4.23. The van der Waals surface area contributed by atoms with Crippen LogP contribution in [0.2, 0.25) is 0 Å². The van der Waals surface area contributed by atoms with Gasteiger partial charge in [0.05, 0.1) is 16.4 Å². The molecular formula is C16H20BrClN2. The summed E-state index contributed by atoms with van der Waals surface area (Å²) in [5.74, 6) is 0.975. The molecule has 1 atom stereocenters. The van der Waals surface area contributed by atoms with Crippen LogP contribution >= 0.6 is 27.5 Å². The molecule has 1 saturated carbocycles. The zero-order valence-corrected chi connectivity index (χ0v) is 14.9. The highest BCUT2D eigenvalue weighted by Crippen LogP contribution is 2.72. The topological polar surface area (TPSA) is 17.8 Å². The molecule has 0 bridgehead atoms. The molecule has 2 nitrogen and oxygen atoms in total. The van der Waals surface area contributed by atoms with Crippen LogP contribution in [0.4, 0.5) is 0 Å². The van der Waals surface area contributed by atoms with E-state index in [9.17, 15) is 0 Å². The molecule has 0 saturated heterocycles. The number of rotatable bonds is 2. The summed E-state index contributed by atoms with van der Waals surface area (Å²) in [6.45, 7) is 11.3. The summed E-state index contributed by atoms with van der Waals surface area (Å²) in [7, 11) is 0. The summed E-state index contributed by atoms with van der Waals surface area (Å²) in [5.41, 5.74) is 2.71. The number of fused-ring (bicyclic) bond motifs is 1. The zero-order valence-electron chi connectivity index (χ0n) is 12.5. The predicted molar refractivity (Wildman–Crippen MR) is 88.3 cm³/mol. The number of nitrogens with zero attached hydrogens (tertiary/aromatic N) is 2. The lowest BCUT2D eigenvalue weighted by atomic mass is 10.0. The number of imidazole rings is 1. The minimum atomic E-state index is -0.0895. The van der Waals surface area contributed by atoms with Crippen molar-refractivity contribution in [3.8, 4) is 0 Å². The molecule has 0 amide bonds. The molecule has 1 aromatic carbocycles. The quantitative estimate of drug-likeness (QED) is 0.631. The van der Waals surface area contributed by atoms with E-state index in [1.165, 1.54) is 5.52 Å². The number of hydrogen-bond acceptors (Lipinski definition) is 1. The Kier molecular flexibility index (Phi) is 3.05. The second-order valence-corrected chi connectivity index (χ2v) is 8.51. The van der Waals surface area contributed by atoms with Gasteiger partial charge in [0, 0.05) is 10.5 Å². The third kappa shape index (κ3) is 1.79. The van der Waals surface area contributed by atoms with Crippen molar-refractivity contribution in [1.29, 1.82) is 0 Å². The average Bonchev–Trinajstić information content (AvgIpc) is 2.64. The Hall–Kier alpha value is -0.540. The Morgan fingerprint density at radius 3 is 2.35 bits per heavy atom. The van der Waals surface area contributed by atoms with Crippen LogP contribution in [0.25, 0.3) is 11.0 Å². The lowest BCUT2D eigenvalue weighted by molar-refractivity contribution is 0.457. The summed E-state index contributed by atoms with van der Waals surface area (Å²) in [4.78, 5) is 4.77. The van der Waals surface area contributed by atoms with Gasteiger partial charge >= 0.3 is 0 Å². The Labute approximate surface area is 133 Å². The minimum Gasteiger partial charge on any atom is -0.322 e. The molecule has 0 radical (unpaired) electrons. The highest BCUT2D eigenvalue weighted by Gasteiger charge is 2.66. The van der Waals surface area contributed by atoms with Crippen LogP contribution in [0.1, 0.15) is 51.9 Å². The molecule has 2 aromatic rings. The van der Waals surface area contributed by atoms with E-state index in [0.717, 1.165) is 15.8 Å². The molecule has 1 heterocycles. The van der Waals surface area contributed by atoms with Gasteiger partial charge in [0.1, 0.15) is 5.82 Å². The fourth-order valence-electron chi connectivity index (χ4n) is 3.45. The summed E-state index contributed by atoms with van der Waals surface area (Å²) < 4.78 is 3.41. The lowest BCUT2D eigenvalue weighted by Gasteiger charge is -2.12. The first-order valence-corrected chi connectivity index (χ1v) is 8.22. The van der Waals surface area contributed by atoms with Crippen LogP contribution < -0.4 is 0 Å². The number of alkyl halides is 1. The van der Waals surface area contributed by atoms with Crippen molar-refractivity contribution in [2.45, 2.75) is 46.0 Å². The van der Waals surface area contributed by atoms with Crippen molar-refractivity contribution in [3.63, 3.8) is 0 Å². The molecule has 108 valence electrons. The molecule has 1 aliphatic rings. The van der Waals surface area contributed by atoms with Gasteiger partial charge < -0.3 is 4.57 Å². The Morgan fingerprint density at radius 2 is 1.85 bits per heavy atom. The van der Waals surface area contributed by atoms with E-state index >= 15 is 0 Å². The Bertz CT molecular complexity index is 671. The maximum absolute atomic E-state index is 6.38. The lowest BCUT2D eigenvalue weighted by Crippen LogP contribution is -2.06. The van der Waals surface area contributed by atoms with Gasteiger partial charge in [-0.1, -0.05) is 43.6 Å². The molecule has 1 aromatic heterocycles. The first kappa shape index (κ1) is 14.4. The monoisotopic (exact) mass is 354 g/mol. The Morgan fingerprint density at radius 1 is 1.25 bits per heavy atom. The molecule has 0 spiro atoms. The summed E-state index contributed by atoms with van der Waals surface area (Å²) >= 11 is 9.90. The van der Waals surface area contributed by atoms with E-state index in [0.29, 0.717) is 6.04 Å². The van der Waals surface area contributed by atoms with E-state index in [1.807, 2.05) is 6.92 Å². The van der Waals surface area contributed by atoms with E-state index < -0.39 is 0 Å². The van der Waals surface area contributed by atoms with Gasteiger partial charge in [-0.3, -0.25) is 0 Å². The minimum absolute atomic E-state index is 0.0895. The second-order valence-electron chi connectivity index (χ2n) is 6.93. The molecule has 0 N–H and O–H groups in total. The third-order valence-electron chi connectivity index (χ3n) is 5.24. The van der Waals surface area contributed by atoms with Crippen LogP contribution in [0.3, 0.4) is 0 Å². The molecule has 20 heavy (non-hydrogen) atoms. The SMILES string of the molecule is CC(Cl)c1nc2cc(Br)ccc2n1C1C(C)(C)C1(C)C. The van der Waals surface area contributed by atoms with Gasteiger partial charge in [0.15, 0.2) is 0 Å². The standard InChI is InChI=1S/C16H20BrClN2/c1-9(18)13-19-11-8-10(17)6-7-12(11)20(13)14-15(2,3)16(14,4)5/h6-9,14H,1-5H3. The summed E-state index contributed by atoms with van der Waals surface area (Å²) in [5, 5.41) is -0.0895. The predicted octanol–water partition coefficient (Wildman–Crippen LogP) is 5.71. The van der Waals surface area contributed by atoms with Crippen molar-refractivity contribution >= 4 is 38.6 Å². The smallest absolute Gasteiger partial charge is 0.128 e. The van der Waals surface area contributed by atoms with Crippen LogP contribution in [0.15, 0.2) is 22.7 Å². The molecule has 1 fully saturated rings. The van der Waals surface area contributed by atoms with Crippen molar-refractivity contribution in [2.24, 2.45) is 10.8 Å². The van der Waals surface area contributed by atoms with Gasteiger partial charge in [0.25, 0.3) is 0 Å². The van der Waals surface area contributed by atoms with Gasteiger partial charge in [0.2, 0.25) is 0 Å². The highest BCUT2D eigenvalue weighted by molar-refractivity contribution is 9.10. The molecule has 3 rings (SSSR count). The molecule has 1 unspecified atom stereocenters. The fraction of sp³-hybridized carbons (Fsp3) is 0.562. The molecule has 0 aliphatic heterocycles. The molecule has 1 aliphatic carbocycles. The largest absolute Gasteiger partial charge is 0.322 e. The van der Waals surface area contributed by atoms with Crippen molar-refractivity contribution in [1.82, 2.24) is 9.55 Å². The normalized spacial score (nSPS) is 22.1. The number of benzene rings is 1. The van der Waals surface area contributed by atoms with Gasteiger partial charge in [-0.05, 0) is 36.0 Å². The maximum Gasteiger partial charge on any atom is 0.128 e. The molecule has 4 heteroatoms. The van der Waals surface area contributed by atoms with Crippen LogP contribution in [0.5, 0.6) is 0 Å². The third-order valence-corrected chi connectivity index (χ3v) is 5.93. The number of halogens is 2. The van der Waals surface area contributed by atoms with E-state index in [1.54, 1.807) is 0 Å². The van der Waals surface area contributed by atoms with Crippen LogP contribution in [-0.2, 0) is 0 Å². The van der Waals surface area contributed by atoms with Gasteiger partial charge in [-0.25, -0.2) is 4.98 Å². The van der Waals surface area contributed by atoms with E-state index in [2.05, 4.69) is 66.4 Å². The fourth-order valence-corrected chi connectivity index (χ4v) is 3.95. The van der Waals surface area contributed by atoms with Crippen molar-refractivity contribution < 1.29 is 0 Å². The zero-order chi connectivity index (χ0) is 14.9. The van der Waals surface area contributed by atoms with E-state index in [4.69, 9.17) is 16.6 Å². The van der Waals surface area contributed by atoms with Crippen LogP contribution in [-0.4, -0.2) is 9.55 Å².